The van der Waals surface area contributed by atoms with Crippen LogP contribution in [0.15, 0.2) is 18.2 Å². The van der Waals surface area contributed by atoms with Crippen LogP contribution in [0, 0.1) is 11.6 Å². The van der Waals surface area contributed by atoms with Crippen molar-refractivity contribution < 1.29 is 28.4 Å². The Labute approximate surface area is 124 Å². The van der Waals surface area contributed by atoms with E-state index in [4.69, 9.17) is 5.21 Å². The van der Waals surface area contributed by atoms with Gasteiger partial charge in [-0.1, -0.05) is 0 Å². The molecule has 0 saturated carbocycles. The molecule has 0 radical (unpaired) electrons. The zero-order chi connectivity index (χ0) is 16.5. The first-order chi connectivity index (χ1) is 10.4. The number of halogens is 2. The predicted molar refractivity (Wildman–Crippen MR) is 71.8 cm³/mol. The fourth-order valence-electron chi connectivity index (χ4n) is 1.52. The summed E-state index contributed by atoms with van der Waals surface area (Å²) in [6.07, 6.45) is 0.121. The van der Waals surface area contributed by atoms with Crippen LogP contribution in [0.5, 0.6) is 0 Å². The molecule has 0 saturated heterocycles. The second-order valence-electron chi connectivity index (χ2n) is 4.34. The van der Waals surface area contributed by atoms with Crippen LogP contribution in [0.4, 0.5) is 14.5 Å². The fraction of sp³-hybridized carbons (Fsp3) is 0.308. The summed E-state index contributed by atoms with van der Waals surface area (Å²) in [5.41, 5.74) is 1.21. The van der Waals surface area contributed by atoms with E-state index in [0.29, 0.717) is 6.07 Å². The van der Waals surface area contributed by atoms with Gasteiger partial charge in [-0.2, -0.15) is 0 Å². The first-order valence-corrected chi connectivity index (χ1v) is 6.37. The van der Waals surface area contributed by atoms with Crippen molar-refractivity contribution in [2.75, 3.05) is 11.9 Å². The highest BCUT2D eigenvalue weighted by molar-refractivity contribution is 5.91. The van der Waals surface area contributed by atoms with Gasteiger partial charge in [0.1, 0.15) is 11.6 Å². The van der Waals surface area contributed by atoms with Gasteiger partial charge in [-0.25, -0.2) is 14.3 Å². The third-order valence-corrected chi connectivity index (χ3v) is 2.58. The Balaban J connectivity index is 2.28. The molecule has 0 atom stereocenters. The van der Waals surface area contributed by atoms with Crippen LogP contribution in [0.1, 0.15) is 19.3 Å². The molecule has 0 aromatic heterocycles. The summed E-state index contributed by atoms with van der Waals surface area (Å²) < 4.78 is 26.0. The number of benzene rings is 1. The Morgan fingerprint density at radius 3 is 2.36 bits per heavy atom. The lowest BCUT2D eigenvalue weighted by molar-refractivity contribution is -0.131. The Morgan fingerprint density at radius 2 is 1.73 bits per heavy atom. The van der Waals surface area contributed by atoms with Crippen LogP contribution < -0.4 is 16.1 Å². The summed E-state index contributed by atoms with van der Waals surface area (Å²) in [6.45, 7) is -0.373. The highest BCUT2D eigenvalue weighted by Gasteiger charge is 2.09. The molecule has 120 valence electrons. The number of hydrogen-bond donors (Lipinski definition) is 4. The minimum atomic E-state index is -0.888. The molecule has 22 heavy (non-hydrogen) atoms. The van der Waals surface area contributed by atoms with Gasteiger partial charge in [0, 0.05) is 18.9 Å². The van der Waals surface area contributed by atoms with E-state index in [0.717, 1.165) is 12.1 Å². The lowest BCUT2D eigenvalue weighted by atomic mass is 10.2. The Morgan fingerprint density at radius 1 is 1.05 bits per heavy atom. The summed E-state index contributed by atoms with van der Waals surface area (Å²) in [5, 5.41) is 12.7. The molecule has 1 aromatic carbocycles. The molecule has 1 rings (SSSR count). The number of amides is 3. The minimum Gasteiger partial charge on any atom is -0.347 e. The largest absolute Gasteiger partial charge is 0.347 e. The van der Waals surface area contributed by atoms with E-state index in [9.17, 15) is 23.2 Å². The van der Waals surface area contributed by atoms with Crippen molar-refractivity contribution in [3.8, 4) is 0 Å². The van der Waals surface area contributed by atoms with Gasteiger partial charge in [0.2, 0.25) is 11.8 Å². The number of carbonyl (C=O) groups is 3. The Bertz CT molecular complexity index is 566. The van der Waals surface area contributed by atoms with Crippen molar-refractivity contribution in [1.29, 1.82) is 0 Å². The molecule has 7 nitrogen and oxygen atoms in total. The van der Waals surface area contributed by atoms with E-state index in [1.54, 1.807) is 0 Å². The van der Waals surface area contributed by atoms with Gasteiger partial charge in [0.15, 0.2) is 0 Å². The average Bonchev–Trinajstić information content (AvgIpc) is 2.47. The van der Waals surface area contributed by atoms with Gasteiger partial charge in [0.25, 0.3) is 5.91 Å². The summed E-state index contributed by atoms with van der Waals surface area (Å²) >= 11 is 0. The summed E-state index contributed by atoms with van der Waals surface area (Å²) in [6, 6.07) is 2.76. The third-order valence-electron chi connectivity index (χ3n) is 2.58. The van der Waals surface area contributed by atoms with Gasteiger partial charge in [-0.3, -0.25) is 19.6 Å². The van der Waals surface area contributed by atoms with Crippen molar-refractivity contribution in [3.05, 3.63) is 29.8 Å². The van der Waals surface area contributed by atoms with Crippen LogP contribution in [0.3, 0.4) is 0 Å². The summed E-state index contributed by atoms with van der Waals surface area (Å²) in [5.74, 6) is -3.39. The third kappa shape index (κ3) is 6.27. The van der Waals surface area contributed by atoms with E-state index in [2.05, 4.69) is 10.6 Å². The van der Waals surface area contributed by atoms with Gasteiger partial charge in [-0.15, -0.1) is 0 Å². The van der Waals surface area contributed by atoms with Crippen LogP contribution in [0.2, 0.25) is 0 Å². The number of nitrogens with one attached hydrogen (secondary N) is 3. The van der Waals surface area contributed by atoms with Crippen molar-refractivity contribution in [2.45, 2.75) is 19.3 Å². The highest BCUT2D eigenvalue weighted by Crippen LogP contribution is 2.15. The van der Waals surface area contributed by atoms with E-state index < -0.39 is 29.4 Å². The molecule has 0 aliphatic carbocycles. The zero-order valence-corrected chi connectivity index (χ0v) is 11.5. The van der Waals surface area contributed by atoms with Crippen molar-refractivity contribution >= 4 is 23.4 Å². The molecule has 1 aromatic rings. The van der Waals surface area contributed by atoms with Crippen LogP contribution in [0.25, 0.3) is 0 Å². The highest BCUT2D eigenvalue weighted by atomic mass is 19.1. The van der Waals surface area contributed by atoms with Crippen molar-refractivity contribution in [3.63, 3.8) is 0 Å². The van der Waals surface area contributed by atoms with Gasteiger partial charge in [-0.05, 0) is 18.6 Å². The van der Waals surface area contributed by atoms with Crippen LogP contribution >= 0.6 is 0 Å². The first-order valence-electron chi connectivity index (χ1n) is 6.37. The Kier molecular flexibility index (Phi) is 6.90. The lowest BCUT2D eigenvalue weighted by Gasteiger charge is -2.07. The molecule has 0 fully saturated rings. The molecular weight excluding hydrogens is 300 g/mol. The molecule has 3 amide bonds. The number of hydrogen-bond acceptors (Lipinski definition) is 4. The maximum Gasteiger partial charge on any atom is 0.262 e. The Hall–Kier alpha value is -2.55. The first kappa shape index (κ1) is 17.5. The van der Waals surface area contributed by atoms with Crippen molar-refractivity contribution in [2.24, 2.45) is 0 Å². The fourth-order valence-corrected chi connectivity index (χ4v) is 1.52. The maximum atomic E-state index is 13.3. The number of carbonyl (C=O) groups excluding carboxylic acids is 3. The number of hydroxylamine groups is 1. The summed E-state index contributed by atoms with van der Waals surface area (Å²) in [7, 11) is 0. The standard InChI is InChI=1S/C13H15F2N3O4/c14-8-4-5-10(9(15)6-8)17-12(20)3-1-2-11(19)16-7-13(21)18-22/h4-6,22H,1-3,7H2,(H,16,19)(H,17,20)(H,18,21). The lowest BCUT2D eigenvalue weighted by Crippen LogP contribution is -2.35. The summed E-state index contributed by atoms with van der Waals surface area (Å²) in [4.78, 5) is 33.5. The quantitative estimate of drug-likeness (QED) is 0.439. The smallest absolute Gasteiger partial charge is 0.262 e. The maximum absolute atomic E-state index is 13.3. The molecule has 4 N–H and O–H groups in total. The zero-order valence-electron chi connectivity index (χ0n) is 11.5. The second-order valence-corrected chi connectivity index (χ2v) is 4.34. The molecule has 0 heterocycles. The van der Waals surface area contributed by atoms with Crippen molar-refractivity contribution in [1.82, 2.24) is 10.8 Å². The molecule has 0 unspecified atom stereocenters. The second kappa shape index (κ2) is 8.67. The van der Waals surface area contributed by atoms with Gasteiger partial charge >= 0.3 is 0 Å². The molecule has 0 aliphatic rings. The van der Waals surface area contributed by atoms with E-state index in [1.165, 1.54) is 5.48 Å². The molecule has 0 spiro atoms. The molecule has 9 heteroatoms. The average molecular weight is 315 g/mol. The van der Waals surface area contributed by atoms with E-state index in [-0.39, 0.29) is 31.5 Å². The number of anilines is 1. The topological polar surface area (TPSA) is 108 Å². The SMILES string of the molecule is O=C(CNC(=O)CCCC(=O)Nc1ccc(F)cc1F)NO. The molecular formula is C13H15F2N3O4. The van der Waals surface area contributed by atoms with Crippen LogP contribution in [-0.4, -0.2) is 29.5 Å². The van der Waals surface area contributed by atoms with Crippen LogP contribution in [-0.2, 0) is 14.4 Å². The van der Waals surface area contributed by atoms with E-state index in [1.807, 2.05) is 0 Å². The molecule has 0 aliphatic heterocycles. The van der Waals surface area contributed by atoms with Gasteiger partial charge < -0.3 is 10.6 Å². The minimum absolute atomic E-state index is 0.0158. The molecule has 0 bridgehead atoms. The monoisotopic (exact) mass is 315 g/mol. The predicted octanol–water partition coefficient (Wildman–Crippen LogP) is 0.695. The van der Waals surface area contributed by atoms with Gasteiger partial charge in [0.05, 0.1) is 12.2 Å². The normalized spacial score (nSPS) is 9.95. The number of rotatable bonds is 7. The van der Waals surface area contributed by atoms with E-state index >= 15 is 0 Å².